The number of hydrogen-bond acceptors (Lipinski definition) is 3. The summed E-state index contributed by atoms with van der Waals surface area (Å²) in [5, 5.41) is 8.22. The van der Waals surface area contributed by atoms with Crippen LogP contribution in [-0.2, 0) is 0 Å². The van der Waals surface area contributed by atoms with E-state index in [1.807, 2.05) is 66.7 Å². The van der Waals surface area contributed by atoms with Gasteiger partial charge in [0.15, 0.2) is 5.11 Å². The third-order valence-corrected chi connectivity index (χ3v) is 5.66. The molecule has 1 amide bonds. The first-order chi connectivity index (χ1) is 15.6. The van der Waals surface area contributed by atoms with Gasteiger partial charge >= 0.3 is 0 Å². The van der Waals surface area contributed by atoms with Gasteiger partial charge in [0.05, 0.1) is 11.0 Å². The molecule has 7 heteroatoms. The molecule has 0 radical (unpaired) electrons. The van der Waals surface area contributed by atoms with Crippen LogP contribution in [-0.4, -0.2) is 21.0 Å². The van der Waals surface area contributed by atoms with Crippen LogP contribution >= 0.6 is 23.8 Å². The monoisotopic (exact) mass is 456 g/mol. The first kappa shape index (κ1) is 20.2. The number of anilines is 1. The van der Waals surface area contributed by atoms with Gasteiger partial charge in [0, 0.05) is 27.2 Å². The van der Waals surface area contributed by atoms with E-state index < -0.39 is 0 Å². The lowest BCUT2D eigenvalue weighted by molar-refractivity contribution is 0.0979. The number of halogens is 1. The van der Waals surface area contributed by atoms with Gasteiger partial charge in [-0.2, -0.15) is 0 Å². The molecule has 0 bridgehead atoms. The van der Waals surface area contributed by atoms with Crippen molar-refractivity contribution in [1.82, 2.24) is 15.3 Å². The maximum atomic E-state index is 12.9. The van der Waals surface area contributed by atoms with Gasteiger partial charge in [-0.05, 0) is 54.0 Å². The molecule has 5 rings (SSSR count). The fraction of sp³-hybridized carbons (Fsp3) is 0. The molecule has 0 saturated heterocycles. The summed E-state index contributed by atoms with van der Waals surface area (Å²) in [4.78, 5) is 20.8. The van der Waals surface area contributed by atoms with E-state index in [-0.39, 0.29) is 11.0 Å². The van der Waals surface area contributed by atoms with Crippen LogP contribution in [0.2, 0.25) is 5.02 Å². The number of rotatable bonds is 3. The van der Waals surface area contributed by atoms with Crippen molar-refractivity contribution < 1.29 is 4.79 Å². The molecule has 0 unspecified atom stereocenters. The topological polar surface area (TPSA) is 69.8 Å². The van der Waals surface area contributed by atoms with Gasteiger partial charge in [0.2, 0.25) is 0 Å². The van der Waals surface area contributed by atoms with Crippen LogP contribution in [0.1, 0.15) is 10.4 Å². The second-order valence-corrected chi connectivity index (χ2v) is 8.05. The third kappa shape index (κ3) is 3.93. The minimum Gasteiger partial charge on any atom is -0.338 e. The summed E-state index contributed by atoms with van der Waals surface area (Å²) in [5.74, 6) is 0.459. The number of nitrogens with one attached hydrogen (secondary N) is 3. The molecule has 1 aromatic heterocycles. The minimum absolute atomic E-state index is 0.204. The number of aromatic nitrogens is 2. The lowest BCUT2D eigenvalue weighted by Crippen LogP contribution is -2.34. The number of H-pyrrole nitrogens is 1. The van der Waals surface area contributed by atoms with Gasteiger partial charge in [-0.1, -0.05) is 60.1 Å². The smallest absolute Gasteiger partial charge is 0.258 e. The number of hydrogen-bond donors (Lipinski definition) is 3. The summed E-state index contributed by atoms with van der Waals surface area (Å²) in [6.07, 6.45) is 0. The summed E-state index contributed by atoms with van der Waals surface area (Å²) in [7, 11) is 0. The number of imidazole rings is 1. The normalized spacial score (nSPS) is 10.9. The molecule has 156 valence electrons. The largest absolute Gasteiger partial charge is 0.338 e. The quantitative estimate of drug-likeness (QED) is 0.284. The van der Waals surface area contributed by atoms with Gasteiger partial charge in [-0.25, -0.2) is 4.98 Å². The van der Waals surface area contributed by atoms with Crippen LogP contribution in [0.15, 0.2) is 84.9 Å². The fourth-order valence-corrected chi connectivity index (χ4v) is 4.08. The van der Waals surface area contributed by atoms with E-state index in [1.165, 1.54) is 0 Å². The van der Waals surface area contributed by atoms with E-state index in [1.54, 1.807) is 18.2 Å². The highest BCUT2D eigenvalue weighted by Crippen LogP contribution is 2.26. The van der Waals surface area contributed by atoms with Crippen molar-refractivity contribution in [3.05, 3.63) is 95.5 Å². The zero-order valence-electron chi connectivity index (χ0n) is 16.7. The number of carbonyl (C=O) groups excluding carboxylic acids is 1. The molecular formula is C25H17ClN4OS. The predicted octanol–water partition coefficient (Wildman–Crippen LogP) is 6.16. The van der Waals surface area contributed by atoms with Crippen LogP contribution in [0.3, 0.4) is 0 Å². The Morgan fingerprint density at radius 1 is 0.906 bits per heavy atom. The van der Waals surface area contributed by atoms with Crippen LogP contribution in [0.25, 0.3) is 33.2 Å². The van der Waals surface area contributed by atoms with Crippen LogP contribution in [0, 0.1) is 0 Å². The Morgan fingerprint density at radius 2 is 1.69 bits per heavy atom. The molecular weight excluding hydrogens is 440 g/mol. The predicted molar refractivity (Wildman–Crippen MR) is 134 cm³/mol. The van der Waals surface area contributed by atoms with Crippen molar-refractivity contribution in [2.75, 3.05) is 5.32 Å². The van der Waals surface area contributed by atoms with E-state index in [4.69, 9.17) is 23.8 Å². The van der Waals surface area contributed by atoms with Gasteiger partial charge < -0.3 is 10.3 Å². The van der Waals surface area contributed by atoms with Crippen molar-refractivity contribution in [3.8, 4) is 11.4 Å². The molecule has 0 spiro atoms. The first-order valence-electron chi connectivity index (χ1n) is 9.93. The Balaban J connectivity index is 1.34. The average molecular weight is 457 g/mol. The lowest BCUT2D eigenvalue weighted by Gasteiger charge is -2.12. The Hall–Kier alpha value is -3.74. The number of fused-ring (bicyclic) bond motifs is 2. The Kier molecular flexibility index (Phi) is 5.31. The number of para-hydroxylation sites is 2. The maximum absolute atomic E-state index is 12.9. The minimum atomic E-state index is -0.302. The molecule has 5 aromatic rings. The number of aromatic amines is 1. The number of thiocarbonyl (C=S) groups is 1. The average Bonchev–Trinajstić information content (AvgIpc) is 3.23. The molecule has 0 atom stereocenters. The van der Waals surface area contributed by atoms with Crippen molar-refractivity contribution >= 4 is 62.3 Å². The number of amides is 1. The van der Waals surface area contributed by atoms with Crippen LogP contribution in [0.4, 0.5) is 5.69 Å². The molecule has 5 nitrogen and oxygen atoms in total. The van der Waals surface area contributed by atoms with E-state index in [0.717, 1.165) is 38.9 Å². The fourth-order valence-electron chi connectivity index (χ4n) is 3.64. The van der Waals surface area contributed by atoms with Gasteiger partial charge in [0.1, 0.15) is 5.82 Å². The Bertz CT molecular complexity index is 1460. The van der Waals surface area contributed by atoms with Crippen LogP contribution < -0.4 is 10.6 Å². The van der Waals surface area contributed by atoms with Gasteiger partial charge in [-0.15, -0.1) is 0 Å². The first-order valence-corrected chi connectivity index (χ1v) is 10.7. The molecule has 0 fully saturated rings. The highest BCUT2D eigenvalue weighted by Gasteiger charge is 2.13. The summed E-state index contributed by atoms with van der Waals surface area (Å²) in [6.45, 7) is 0. The zero-order valence-corrected chi connectivity index (χ0v) is 18.3. The van der Waals surface area contributed by atoms with Crippen molar-refractivity contribution in [2.24, 2.45) is 0 Å². The Labute approximate surface area is 194 Å². The molecule has 1 heterocycles. The number of benzene rings is 4. The van der Waals surface area contributed by atoms with E-state index in [0.29, 0.717) is 10.6 Å². The number of nitrogens with zero attached hydrogens (tertiary/aromatic N) is 1. The standard InChI is InChI=1S/C25H17ClN4OS/c26-20-11-5-8-17-18(20)9-4-10-19(17)24(31)30-25(32)27-16-7-3-6-15(14-16)23-28-21-12-1-2-13-22(21)29-23/h1-14H,(H,28,29)(H2,27,30,31,32). The molecule has 0 aliphatic carbocycles. The maximum Gasteiger partial charge on any atom is 0.258 e. The second-order valence-electron chi connectivity index (χ2n) is 7.23. The molecule has 0 aliphatic rings. The van der Waals surface area contributed by atoms with Crippen LogP contribution in [0.5, 0.6) is 0 Å². The van der Waals surface area contributed by atoms with E-state index in [9.17, 15) is 4.79 Å². The summed E-state index contributed by atoms with van der Waals surface area (Å²) in [6, 6.07) is 26.5. The van der Waals surface area contributed by atoms with Gasteiger partial charge in [-0.3, -0.25) is 10.1 Å². The second kappa shape index (κ2) is 8.42. The van der Waals surface area contributed by atoms with Gasteiger partial charge in [0.25, 0.3) is 5.91 Å². The summed E-state index contributed by atoms with van der Waals surface area (Å²) in [5.41, 5.74) is 4.03. The molecule has 3 N–H and O–H groups in total. The highest BCUT2D eigenvalue weighted by atomic mass is 35.5. The summed E-state index contributed by atoms with van der Waals surface area (Å²) < 4.78 is 0. The molecule has 0 aliphatic heterocycles. The molecule has 0 saturated carbocycles. The van der Waals surface area contributed by atoms with Crippen molar-refractivity contribution in [1.29, 1.82) is 0 Å². The zero-order chi connectivity index (χ0) is 22.1. The SMILES string of the molecule is O=C(NC(=S)Nc1cccc(-c2nc3ccccc3[nH]2)c1)c1cccc2c(Cl)cccc12. The summed E-state index contributed by atoms with van der Waals surface area (Å²) >= 11 is 11.6. The third-order valence-electron chi connectivity index (χ3n) is 5.12. The molecule has 4 aromatic carbocycles. The lowest BCUT2D eigenvalue weighted by atomic mass is 10.0. The van der Waals surface area contributed by atoms with E-state index in [2.05, 4.69) is 20.6 Å². The van der Waals surface area contributed by atoms with E-state index >= 15 is 0 Å². The highest BCUT2D eigenvalue weighted by molar-refractivity contribution is 7.80. The number of carbonyl (C=O) groups is 1. The van der Waals surface area contributed by atoms with Crippen molar-refractivity contribution in [2.45, 2.75) is 0 Å². The molecule has 32 heavy (non-hydrogen) atoms. The van der Waals surface area contributed by atoms with Crippen molar-refractivity contribution in [3.63, 3.8) is 0 Å². The Morgan fingerprint density at radius 3 is 2.56 bits per heavy atom.